The Morgan fingerprint density at radius 3 is 2.83 bits per heavy atom. The van der Waals surface area contributed by atoms with Gasteiger partial charge in [-0.2, -0.15) is 0 Å². The second kappa shape index (κ2) is 8.30. The molecule has 2 rings (SSSR count). The second-order valence-electron chi connectivity index (χ2n) is 6.84. The zero-order valence-electron chi connectivity index (χ0n) is 14.4. The number of nitrogens with zero attached hydrogens (tertiary/aromatic N) is 2. The van der Waals surface area contributed by atoms with Crippen LogP contribution in [0.1, 0.15) is 20.3 Å². The van der Waals surface area contributed by atoms with Crippen molar-refractivity contribution in [2.45, 2.75) is 32.4 Å². The molecular weight excluding hydrogens is 316 g/mol. The van der Waals surface area contributed by atoms with Crippen LogP contribution in [0.25, 0.3) is 0 Å². The molecule has 23 heavy (non-hydrogen) atoms. The van der Waals surface area contributed by atoms with Gasteiger partial charge in [0, 0.05) is 39.3 Å². The summed E-state index contributed by atoms with van der Waals surface area (Å²) in [5.41, 5.74) is 0. The summed E-state index contributed by atoms with van der Waals surface area (Å²) in [6, 6.07) is -0.0455. The number of rotatable bonds is 5. The van der Waals surface area contributed by atoms with Crippen LogP contribution in [0.15, 0.2) is 4.99 Å². The molecule has 2 heterocycles. The van der Waals surface area contributed by atoms with Gasteiger partial charge in [0.2, 0.25) is 0 Å². The first kappa shape index (κ1) is 18.5. The fourth-order valence-corrected chi connectivity index (χ4v) is 4.77. The Hall–Kier alpha value is -0.860. The molecule has 2 fully saturated rings. The quantitative estimate of drug-likeness (QED) is 0.525. The van der Waals surface area contributed by atoms with Gasteiger partial charge in [-0.3, -0.25) is 9.89 Å². The van der Waals surface area contributed by atoms with Gasteiger partial charge in [0.15, 0.2) is 15.8 Å². The third-order valence-electron chi connectivity index (χ3n) is 4.14. The number of hydrogen-bond donors (Lipinski definition) is 2. The summed E-state index contributed by atoms with van der Waals surface area (Å²) in [6.45, 7) is 8.88. The van der Waals surface area contributed by atoms with Crippen LogP contribution in [0, 0.1) is 5.92 Å². The summed E-state index contributed by atoms with van der Waals surface area (Å²) in [4.78, 5) is 6.61. The Balaban J connectivity index is 1.75. The normalized spacial score (nSPS) is 29.0. The molecule has 2 aliphatic rings. The maximum atomic E-state index is 11.5. The average Bonchev–Trinajstić information content (AvgIpc) is 2.82. The molecule has 0 aliphatic carbocycles. The molecule has 2 N–H and O–H groups in total. The van der Waals surface area contributed by atoms with Gasteiger partial charge >= 0.3 is 0 Å². The van der Waals surface area contributed by atoms with E-state index < -0.39 is 9.84 Å². The highest BCUT2D eigenvalue weighted by Crippen LogP contribution is 2.11. The van der Waals surface area contributed by atoms with E-state index in [2.05, 4.69) is 34.4 Å². The summed E-state index contributed by atoms with van der Waals surface area (Å²) in [7, 11) is -1.18. The third-order valence-corrected chi connectivity index (χ3v) is 5.91. The minimum absolute atomic E-state index is 0.0455. The molecule has 0 aromatic heterocycles. The molecule has 0 saturated carbocycles. The monoisotopic (exact) mass is 346 g/mol. The van der Waals surface area contributed by atoms with Crippen molar-refractivity contribution in [3.8, 4) is 0 Å². The standard InChI is InChI=1S/C15H30N4O3S/c1-12(2)9-19-5-6-22-14(10-19)8-17-15(16-3)18-13-4-7-23(20,21)11-13/h12-14H,4-11H2,1-3H3,(H2,16,17,18). The Labute approximate surface area is 139 Å². The average molecular weight is 346 g/mol. The number of guanidine groups is 1. The van der Waals surface area contributed by atoms with E-state index in [4.69, 9.17) is 4.74 Å². The molecule has 8 heteroatoms. The first-order valence-corrected chi connectivity index (χ1v) is 10.2. The summed E-state index contributed by atoms with van der Waals surface area (Å²) < 4.78 is 28.8. The lowest BCUT2D eigenvalue weighted by molar-refractivity contribution is -0.0284. The van der Waals surface area contributed by atoms with Crippen LogP contribution in [-0.4, -0.2) is 82.8 Å². The van der Waals surface area contributed by atoms with Gasteiger partial charge in [0.05, 0.1) is 24.2 Å². The lowest BCUT2D eigenvalue weighted by Gasteiger charge is -2.34. The molecule has 2 aliphatic heterocycles. The molecule has 0 aromatic rings. The molecule has 0 aromatic carbocycles. The van der Waals surface area contributed by atoms with Gasteiger partial charge in [0.25, 0.3) is 0 Å². The van der Waals surface area contributed by atoms with E-state index in [-0.39, 0.29) is 23.7 Å². The molecule has 2 saturated heterocycles. The van der Waals surface area contributed by atoms with Crippen molar-refractivity contribution in [2.24, 2.45) is 10.9 Å². The van der Waals surface area contributed by atoms with E-state index in [0.29, 0.717) is 24.8 Å². The first-order chi connectivity index (χ1) is 10.9. The maximum absolute atomic E-state index is 11.5. The fraction of sp³-hybridized carbons (Fsp3) is 0.933. The minimum atomic E-state index is -2.88. The predicted molar refractivity (Wildman–Crippen MR) is 92.6 cm³/mol. The Morgan fingerprint density at radius 1 is 1.43 bits per heavy atom. The van der Waals surface area contributed by atoms with Gasteiger partial charge in [-0.1, -0.05) is 13.8 Å². The van der Waals surface area contributed by atoms with E-state index in [1.54, 1.807) is 7.05 Å². The highest BCUT2D eigenvalue weighted by atomic mass is 32.2. The van der Waals surface area contributed by atoms with E-state index in [1.807, 2.05) is 0 Å². The second-order valence-corrected chi connectivity index (χ2v) is 9.07. The lowest BCUT2D eigenvalue weighted by Crippen LogP contribution is -2.51. The number of aliphatic imine (C=N–C) groups is 1. The zero-order valence-corrected chi connectivity index (χ0v) is 15.2. The van der Waals surface area contributed by atoms with Crippen molar-refractivity contribution < 1.29 is 13.2 Å². The van der Waals surface area contributed by atoms with Gasteiger partial charge < -0.3 is 15.4 Å². The molecule has 134 valence electrons. The van der Waals surface area contributed by atoms with Crippen LogP contribution in [0.5, 0.6) is 0 Å². The van der Waals surface area contributed by atoms with Gasteiger partial charge in [-0.05, 0) is 12.3 Å². The number of hydrogen-bond acceptors (Lipinski definition) is 5. The number of ether oxygens (including phenoxy) is 1. The van der Waals surface area contributed by atoms with E-state index in [0.717, 1.165) is 26.2 Å². The van der Waals surface area contributed by atoms with E-state index >= 15 is 0 Å². The molecule has 2 unspecified atom stereocenters. The summed E-state index contributed by atoms with van der Waals surface area (Å²) >= 11 is 0. The van der Waals surface area contributed by atoms with Crippen molar-refractivity contribution in [1.82, 2.24) is 15.5 Å². The summed E-state index contributed by atoms with van der Waals surface area (Å²) in [5.74, 6) is 1.75. The molecule has 0 spiro atoms. The number of sulfone groups is 1. The Bertz CT molecular complexity index is 507. The van der Waals surface area contributed by atoms with Crippen molar-refractivity contribution in [2.75, 3.05) is 51.3 Å². The smallest absolute Gasteiger partial charge is 0.191 e. The Kier molecular flexibility index (Phi) is 6.67. The molecule has 7 nitrogen and oxygen atoms in total. The molecule has 2 atom stereocenters. The van der Waals surface area contributed by atoms with Crippen molar-refractivity contribution in [1.29, 1.82) is 0 Å². The Morgan fingerprint density at radius 2 is 2.22 bits per heavy atom. The van der Waals surface area contributed by atoms with E-state index in [1.165, 1.54) is 0 Å². The third kappa shape index (κ3) is 6.27. The fourth-order valence-electron chi connectivity index (χ4n) is 3.09. The van der Waals surface area contributed by atoms with Crippen LogP contribution < -0.4 is 10.6 Å². The summed E-state index contributed by atoms with van der Waals surface area (Å²) in [6.07, 6.45) is 0.777. The maximum Gasteiger partial charge on any atom is 0.191 e. The van der Waals surface area contributed by atoms with Gasteiger partial charge in [-0.25, -0.2) is 8.42 Å². The van der Waals surface area contributed by atoms with Crippen molar-refractivity contribution >= 4 is 15.8 Å². The summed E-state index contributed by atoms with van der Waals surface area (Å²) in [5, 5.41) is 6.45. The first-order valence-electron chi connectivity index (χ1n) is 8.39. The van der Waals surface area contributed by atoms with Gasteiger partial charge in [-0.15, -0.1) is 0 Å². The SMILES string of the molecule is CN=C(NCC1CN(CC(C)C)CCO1)NC1CCS(=O)(=O)C1. The number of nitrogens with one attached hydrogen (secondary N) is 2. The van der Waals surface area contributed by atoms with Crippen molar-refractivity contribution in [3.05, 3.63) is 0 Å². The number of morpholine rings is 1. The lowest BCUT2D eigenvalue weighted by atomic mass is 10.2. The van der Waals surface area contributed by atoms with Gasteiger partial charge in [0.1, 0.15) is 0 Å². The molecule has 0 amide bonds. The zero-order chi connectivity index (χ0) is 16.9. The van der Waals surface area contributed by atoms with Crippen LogP contribution in [0.4, 0.5) is 0 Å². The van der Waals surface area contributed by atoms with Crippen LogP contribution in [-0.2, 0) is 14.6 Å². The minimum Gasteiger partial charge on any atom is -0.374 e. The highest BCUT2D eigenvalue weighted by molar-refractivity contribution is 7.91. The van der Waals surface area contributed by atoms with Crippen LogP contribution in [0.2, 0.25) is 0 Å². The topological polar surface area (TPSA) is 83.0 Å². The molecule has 0 radical (unpaired) electrons. The van der Waals surface area contributed by atoms with Crippen LogP contribution >= 0.6 is 0 Å². The molecular formula is C15H30N4O3S. The molecule has 0 bridgehead atoms. The highest BCUT2D eigenvalue weighted by Gasteiger charge is 2.28. The predicted octanol–water partition coefficient (Wildman–Crippen LogP) is -0.305. The van der Waals surface area contributed by atoms with E-state index in [9.17, 15) is 8.42 Å². The van der Waals surface area contributed by atoms with Crippen LogP contribution in [0.3, 0.4) is 0 Å². The largest absolute Gasteiger partial charge is 0.374 e. The van der Waals surface area contributed by atoms with Crippen molar-refractivity contribution in [3.63, 3.8) is 0 Å².